The Balaban J connectivity index is 3.72. The number of nitrogens with two attached hydrogens (primary N) is 1. The first-order valence-corrected chi connectivity index (χ1v) is 4.77. The molecule has 0 rings (SSSR count). The van der Waals surface area contributed by atoms with Gasteiger partial charge in [-0.1, -0.05) is 19.9 Å². The molecule has 0 fully saturated rings. The van der Waals surface area contributed by atoms with Crippen LogP contribution >= 0.6 is 0 Å². The fraction of sp³-hybridized carbons (Fsp3) is 0.500. The average Bonchev–Trinajstić information content (AvgIpc) is 2.24. The maximum absolute atomic E-state index is 11.0. The minimum atomic E-state index is -0.379. The first kappa shape index (κ1) is 13.3. The molecule has 0 heterocycles. The van der Waals surface area contributed by atoms with Gasteiger partial charge in [0.2, 0.25) is 0 Å². The third-order valence-electron chi connectivity index (χ3n) is 1.46. The highest BCUT2D eigenvalue weighted by molar-refractivity contribution is 5.82. The van der Waals surface area contributed by atoms with Crippen molar-refractivity contribution < 1.29 is 9.53 Å². The van der Waals surface area contributed by atoms with Crippen molar-refractivity contribution in [3.8, 4) is 0 Å². The van der Waals surface area contributed by atoms with Gasteiger partial charge in [-0.25, -0.2) is 4.99 Å². The van der Waals surface area contributed by atoms with E-state index in [9.17, 15) is 4.79 Å². The molecule has 0 aromatic heterocycles. The van der Waals surface area contributed by atoms with Crippen LogP contribution in [0.4, 0.5) is 0 Å². The Bertz CT molecular complexity index is 268. The highest BCUT2D eigenvalue weighted by atomic mass is 16.5. The number of rotatable bonds is 6. The Morgan fingerprint density at radius 3 is 3.07 bits per heavy atom. The van der Waals surface area contributed by atoms with Gasteiger partial charge in [0, 0.05) is 6.20 Å². The largest absolute Gasteiger partial charge is 0.464 e. The molecule has 0 aromatic carbocycles. The summed E-state index contributed by atoms with van der Waals surface area (Å²) in [5.74, 6) is -0.241. The maximum Gasteiger partial charge on any atom is 0.327 e. The summed E-state index contributed by atoms with van der Waals surface area (Å²) in [6.07, 6.45) is 3.26. The summed E-state index contributed by atoms with van der Waals surface area (Å²) in [4.78, 5) is 14.8. The fourth-order valence-electron chi connectivity index (χ4n) is 0.696. The number of ether oxygens (including phenoxy) is 1. The molecule has 5 heteroatoms. The fourth-order valence-corrected chi connectivity index (χ4v) is 0.696. The van der Waals surface area contributed by atoms with Crippen LogP contribution in [0.25, 0.3) is 0 Å². The van der Waals surface area contributed by atoms with Crippen LogP contribution in [0.2, 0.25) is 0 Å². The number of unbranched alkanes of at least 4 members (excludes halogenated alkanes) is 1. The number of nitrogens with zero attached hydrogens (tertiary/aromatic N) is 1. The molecule has 0 aliphatic heterocycles. The van der Waals surface area contributed by atoms with E-state index in [0.717, 1.165) is 12.8 Å². The second-order valence-corrected chi connectivity index (χ2v) is 2.77. The summed E-state index contributed by atoms with van der Waals surface area (Å²) < 4.78 is 4.87. The lowest BCUT2D eigenvalue weighted by Gasteiger charge is -2.01. The number of guanidine groups is 1. The van der Waals surface area contributed by atoms with E-state index in [1.807, 2.05) is 6.92 Å². The van der Waals surface area contributed by atoms with Crippen LogP contribution in [0.1, 0.15) is 19.8 Å². The van der Waals surface area contributed by atoms with Gasteiger partial charge in [-0.05, 0) is 6.42 Å². The van der Waals surface area contributed by atoms with Crippen LogP contribution < -0.4 is 11.1 Å². The van der Waals surface area contributed by atoms with Gasteiger partial charge < -0.3 is 15.8 Å². The minimum absolute atomic E-state index is 0.0759. The van der Waals surface area contributed by atoms with Crippen LogP contribution in [0.3, 0.4) is 0 Å². The summed E-state index contributed by atoms with van der Waals surface area (Å²) >= 11 is 0. The van der Waals surface area contributed by atoms with E-state index in [0.29, 0.717) is 6.61 Å². The zero-order valence-electron chi connectivity index (χ0n) is 8.95. The molecule has 0 saturated carbocycles. The lowest BCUT2D eigenvalue weighted by atomic mass is 10.4. The summed E-state index contributed by atoms with van der Waals surface area (Å²) in [6.45, 7) is 5.72. The van der Waals surface area contributed by atoms with Gasteiger partial charge in [0.15, 0.2) is 5.96 Å². The van der Waals surface area contributed by atoms with Crippen molar-refractivity contribution >= 4 is 11.9 Å². The number of carbonyl (C=O) groups excluding carboxylic acids is 1. The van der Waals surface area contributed by atoms with Crippen molar-refractivity contribution in [1.29, 1.82) is 0 Å². The van der Waals surface area contributed by atoms with Crippen molar-refractivity contribution in [2.45, 2.75) is 19.8 Å². The average molecular weight is 211 g/mol. The van der Waals surface area contributed by atoms with Crippen molar-refractivity contribution in [2.24, 2.45) is 10.7 Å². The van der Waals surface area contributed by atoms with Crippen LogP contribution in [-0.2, 0) is 9.53 Å². The highest BCUT2D eigenvalue weighted by Crippen LogP contribution is 1.88. The molecule has 15 heavy (non-hydrogen) atoms. The van der Waals surface area contributed by atoms with E-state index in [2.05, 4.69) is 22.6 Å². The predicted octanol–water partition coefficient (Wildman–Crippen LogP) is 0.533. The molecule has 5 nitrogen and oxygen atoms in total. The van der Waals surface area contributed by atoms with Crippen molar-refractivity contribution in [1.82, 2.24) is 5.32 Å². The number of nitrogens with one attached hydrogen (secondary N) is 1. The molecular formula is C10H17N3O2. The molecule has 0 aromatic rings. The smallest absolute Gasteiger partial charge is 0.327 e. The van der Waals surface area contributed by atoms with Gasteiger partial charge in [0.25, 0.3) is 0 Å². The summed E-state index contributed by atoms with van der Waals surface area (Å²) in [7, 11) is 0. The summed E-state index contributed by atoms with van der Waals surface area (Å²) in [6, 6.07) is 0. The van der Waals surface area contributed by atoms with E-state index in [-0.39, 0.29) is 18.5 Å². The Labute approximate surface area is 89.7 Å². The topological polar surface area (TPSA) is 76.7 Å². The molecule has 0 radical (unpaired) electrons. The molecule has 0 atom stereocenters. The van der Waals surface area contributed by atoms with E-state index in [4.69, 9.17) is 10.5 Å². The SMILES string of the molecule is C=C=CNC(N)=NCC(=O)OCCCC. The normalized spacial score (nSPS) is 10.3. The first-order chi connectivity index (χ1) is 7.20. The molecule has 0 aliphatic rings. The quantitative estimate of drug-likeness (QED) is 0.221. The molecule has 0 spiro atoms. The molecule has 0 aliphatic carbocycles. The van der Waals surface area contributed by atoms with Crippen molar-refractivity contribution in [3.05, 3.63) is 18.5 Å². The minimum Gasteiger partial charge on any atom is -0.464 e. The molecule has 84 valence electrons. The molecule has 0 bridgehead atoms. The Morgan fingerprint density at radius 2 is 2.47 bits per heavy atom. The number of aliphatic imine (C=N–C) groups is 1. The number of hydrogen-bond acceptors (Lipinski definition) is 3. The number of esters is 1. The van der Waals surface area contributed by atoms with E-state index in [1.165, 1.54) is 6.20 Å². The molecule has 0 amide bonds. The van der Waals surface area contributed by atoms with Crippen LogP contribution in [0, 0.1) is 0 Å². The van der Waals surface area contributed by atoms with Crippen LogP contribution in [0.5, 0.6) is 0 Å². The molecular weight excluding hydrogens is 194 g/mol. The second-order valence-electron chi connectivity index (χ2n) is 2.77. The zero-order valence-corrected chi connectivity index (χ0v) is 8.95. The maximum atomic E-state index is 11.0. The van der Waals surface area contributed by atoms with E-state index >= 15 is 0 Å². The third-order valence-corrected chi connectivity index (χ3v) is 1.46. The lowest BCUT2D eigenvalue weighted by molar-refractivity contribution is -0.141. The van der Waals surface area contributed by atoms with Gasteiger partial charge in [-0.2, -0.15) is 0 Å². The Hall–Kier alpha value is -1.74. The monoisotopic (exact) mass is 211 g/mol. The number of carbonyl (C=O) groups is 1. The van der Waals surface area contributed by atoms with Gasteiger partial charge in [-0.3, -0.25) is 4.79 Å². The highest BCUT2D eigenvalue weighted by Gasteiger charge is 2.00. The van der Waals surface area contributed by atoms with Crippen molar-refractivity contribution in [2.75, 3.05) is 13.2 Å². The third kappa shape index (κ3) is 8.59. The number of hydrogen-bond donors (Lipinski definition) is 2. The summed E-state index contributed by atoms with van der Waals surface area (Å²) in [5, 5.41) is 2.58. The lowest BCUT2D eigenvalue weighted by Crippen LogP contribution is -2.28. The van der Waals surface area contributed by atoms with E-state index < -0.39 is 0 Å². The van der Waals surface area contributed by atoms with Gasteiger partial charge >= 0.3 is 5.97 Å². The molecule has 0 saturated heterocycles. The molecule has 3 N–H and O–H groups in total. The van der Waals surface area contributed by atoms with Crippen molar-refractivity contribution in [3.63, 3.8) is 0 Å². The van der Waals surface area contributed by atoms with Crippen LogP contribution in [0.15, 0.2) is 23.5 Å². The first-order valence-electron chi connectivity index (χ1n) is 4.77. The van der Waals surface area contributed by atoms with E-state index in [1.54, 1.807) is 0 Å². The Morgan fingerprint density at radius 1 is 1.73 bits per heavy atom. The zero-order chi connectivity index (χ0) is 11.5. The predicted molar refractivity (Wildman–Crippen MR) is 59.2 cm³/mol. The summed E-state index contributed by atoms with van der Waals surface area (Å²) in [5.41, 5.74) is 7.86. The van der Waals surface area contributed by atoms with Gasteiger partial charge in [-0.15, -0.1) is 5.73 Å². The second kappa shape index (κ2) is 8.84. The van der Waals surface area contributed by atoms with Gasteiger partial charge in [0.05, 0.1) is 6.61 Å². The standard InChI is InChI=1S/C10H17N3O2/c1-3-5-7-15-9(14)8-13-10(11)12-6-4-2/h6H,2-3,5,7-8H2,1H3,(H3,11,12,13). The van der Waals surface area contributed by atoms with Crippen LogP contribution in [-0.4, -0.2) is 25.1 Å². The Kier molecular flexibility index (Phi) is 7.82. The molecule has 0 unspecified atom stereocenters. The van der Waals surface area contributed by atoms with Gasteiger partial charge in [0.1, 0.15) is 6.54 Å².